The van der Waals surface area contributed by atoms with Gasteiger partial charge in [0.05, 0.1) is 41.1 Å². The van der Waals surface area contributed by atoms with Gasteiger partial charge in [-0.1, -0.05) is 56.6 Å². The topological polar surface area (TPSA) is 119 Å². The number of pyridine rings is 1. The Kier molecular flexibility index (Phi) is 12.0. The van der Waals surface area contributed by atoms with E-state index in [4.69, 9.17) is 45.2 Å². The number of anilines is 1. The maximum atomic E-state index is 17.9. The summed E-state index contributed by atoms with van der Waals surface area (Å²) in [7, 11) is -2.34. The summed E-state index contributed by atoms with van der Waals surface area (Å²) in [6.07, 6.45) is 2.03. The molecule has 0 radical (unpaired) electrons. The number of piperazine rings is 1. The summed E-state index contributed by atoms with van der Waals surface area (Å²) in [6, 6.07) is 9.61. The first-order valence-electron chi connectivity index (χ1n) is 22.6. The third kappa shape index (κ3) is 8.78. The summed E-state index contributed by atoms with van der Waals surface area (Å²) in [5.74, 6) is -0.690. The lowest BCUT2D eigenvalue weighted by molar-refractivity contribution is -0.142. The minimum Gasteiger partial charge on any atom is -0.461 e. The van der Waals surface area contributed by atoms with Crippen LogP contribution in [0.25, 0.3) is 32.9 Å². The van der Waals surface area contributed by atoms with Crippen LogP contribution >= 0.6 is 11.6 Å². The number of ether oxygens (including phenoxy) is 3. The minimum atomic E-state index is -2.34. The van der Waals surface area contributed by atoms with E-state index in [1.54, 1.807) is 32.9 Å². The lowest BCUT2D eigenvalue weighted by Crippen LogP contribution is -2.64. The number of rotatable bonds is 9. The van der Waals surface area contributed by atoms with Gasteiger partial charge in [0.25, 0.3) is 0 Å². The number of hydrogen-bond acceptors (Lipinski definition) is 11. The van der Waals surface area contributed by atoms with Crippen molar-refractivity contribution in [3.05, 3.63) is 47.4 Å². The highest BCUT2D eigenvalue weighted by Crippen LogP contribution is 2.46. The van der Waals surface area contributed by atoms with Crippen LogP contribution < -0.4 is 14.4 Å². The third-order valence-corrected chi connectivity index (χ3v) is 18.7. The molecule has 8 rings (SSSR count). The summed E-state index contributed by atoms with van der Waals surface area (Å²) < 4.78 is 58.1. The molecule has 16 heteroatoms. The van der Waals surface area contributed by atoms with Gasteiger partial charge in [-0.3, -0.25) is 14.6 Å². The van der Waals surface area contributed by atoms with E-state index in [-0.39, 0.29) is 63.8 Å². The molecular weight excluding hydrogens is 858 g/mol. The van der Waals surface area contributed by atoms with Crippen LogP contribution in [0.1, 0.15) is 94.4 Å². The first kappa shape index (κ1) is 46.4. The van der Waals surface area contributed by atoms with Crippen LogP contribution in [0, 0.1) is 11.2 Å². The molecule has 6 heterocycles. The fourth-order valence-corrected chi connectivity index (χ4v) is 10.9. The zero-order valence-electron chi connectivity index (χ0n) is 39.1. The van der Waals surface area contributed by atoms with Gasteiger partial charge in [-0.2, -0.15) is 9.97 Å². The summed E-state index contributed by atoms with van der Waals surface area (Å²) in [6.45, 7) is 23.6. The van der Waals surface area contributed by atoms with Gasteiger partial charge in [-0.15, -0.1) is 0 Å². The number of benzene rings is 2. The molecule has 4 fully saturated rings. The molecule has 1 amide bonds. The van der Waals surface area contributed by atoms with Crippen molar-refractivity contribution >= 4 is 59.5 Å². The Morgan fingerprint density at radius 3 is 2.42 bits per heavy atom. The van der Waals surface area contributed by atoms with E-state index in [2.05, 4.69) is 43.7 Å². The summed E-state index contributed by atoms with van der Waals surface area (Å²) >= 11 is 7.29. The van der Waals surface area contributed by atoms with Crippen LogP contribution in [0.15, 0.2) is 36.4 Å². The maximum absolute atomic E-state index is 17.9. The Morgan fingerprint density at radius 1 is 0.984 bits per heavy atom. The normalized spacial score (nSPS) is 24.2. The van der Waals surface area contributed by atoms with Crippen LogP contribution in [0.4, 0.5) is 19.4 Å². The molecule has 0 spiro atoms. The number of nitrogens with zero attached hydrogens (tertiary/aromatic N) is 6. The summed E-state index contributed by atoms with van der Waals surface area (Å²) in [5, 5.41) is 1.39. The molecule has 2 aromatic carbocycles. The van der Waals surface area contributed by atoms with Crippen molar-refractivity contribution in [2.45, 2.75) is 148 Å². The molecule has 2 bridgehead atoms. The summed E-state index contributed by atoms with van der Waals surface area (Å²) in [4.78, 5) is 47.7. The van der Waals surface area contributed by atoms with Crippen LogP contribution in [0.2, 0.25) is 23.3 Å². The van der Waals surface area contributed by atoms with Gasteiger partial charge in [0.1, 0.15) is 46.3 Å². The van der Waals surface area contributed by atoms with Gasteiger partial charge >= 0.3 is 18.1 Å². The van der Waals surface area contributed by atoms with Gasteiger partial charge in [0.15, 0.2) is 14.1 Å². The first-order valence-corrected chi connectivity index (χ1v) is 25.9. The lowest BCUT2D eigenvalue weighted by Gasteiger charge is -2.48. The van der Waals surface area contributed by atoms with Crippen molar-refractivity contribution in [1.29, 1.82) is 0 Å². The molecule has 12 nitrogen and oxygen atoms in total. The lowest BCUT2D eigenvalue weighted by atomic mass is 9.95. The van der Waals surface area contributed by atoms with Crippen LogP contribution in [0.3, 0.4) is 0 Å². The van der Waals surface area contributed by atoms with Crippen molar-refractivity contribution in [2.75, 3.05) is 37.7 Å². The largest absolute Gasteiger partial charge is 0.461 e. The molecule has 4 saturated heterocycles. The number of esters is 1. The molecule has 0 unspecified atom stereocenters. The van der Waals surface area contributed by atoms with Crippen molar-refractivity contribution in [1.82, 2.24) is 24.8 Å². The van der Waals surface area contributed by atoms with Crippen molar-refractivity contribution in [2.24, 2.45) is 5.41 Å². The molecule has 346 valence electrons. The Labute approximate surface area is 381 Å². The standard InChI is InChI=1S/C48H63ClF2N6O6Si/c1-45(2,3)42(58)62-31-21-28-15-12-13-16-32(28)33(22-31)38-37(51)39-36(40(49)52-38)41(54-43(53-39)60-27-48-19-14-20-55(48)24-29(50)23-48)56-25-30-17-18-34(57(30)44(59)63-46(4,5)6)35(56)26-61-64(10,11)47(7,8)9/h12-13,15-16,21-22,29-30,34-35H,14,17-20,23-27H2,1-11H3/t29-,30-,34+,35-,48+/m1/s1. The number of halogens is 3. The number of carbonyl (C=O) groups excluding carboxylic acids is 2. The van der Waals surface area contributed by atoms with Gasteiger partial charge in [-0.05, 0) is 115 Å². The number of carbonyl (C=O) groups is 2. The van der Waals surface area contributed by atoms with Crippen molar-refractivity contribution in [3.63, 3.8) is 0 Å². The number of hydrogen-bond donors (Lipinski definition) is 0. The fraction of sp³-hybridized carbons (Fsp3) is 0.604. The quantitative estimate of drug-likeness (QED) is 0.0691. The first-order chi connectivity index (χ1) is 29.9. The second-order valence-electron chi connectivity index (χ2n) is 21.8. The second kappa shape index (κ2) is 16.6. The highest BCUT2D eigenvalue weighted by Gasteiger charge is 2.53. The van der Waals surface area contributed by atoms with Crippen molar-refractivity contribution in [3.8, 4) is 23.0 Å². The summed E-state index contributed by atoms with van der Waals surface area (Å²) in [5.41, 5.74) is -1.89. The minimum absolute atomic E-state index is 0.0447. The molecule has 4 aromatic rings. The van der Waals surface area contributed by atoms with Gasteiger partial charge in [0, 0.05) is 25.1 Å². The molecule has 2 aromatic heterocycles. The highest BCUT2D eigenvalue weighted by molar-refractivity contribution is 6.74. The zero-order valence-corrected chi connectivity index (χ0v) is 40.9. The van der Waals surface area contributed by atoms with E-state index >= 15 is 4.39 Å². The average molecular weight is 922 g/mol. The van der Waals surface area contributed by atoms with Gasteiger partial charge in [0.2, 0.25) is 0 Å². The van der Waals surface area contributed by atoms with E-state index in [1.165, 1.54) is 0 Å². The number of aromatic nitrogens is 3. The molecule has 64 heavy (non-hydrogen) atoms. The third-order valence-electron chi connectivity index (χ3n) is 13.9. The molecule has 4 aliphatic rings. The number of amides is 1. The van der Waals surface area contributed by atoms with Crippen LogP contribution in [0.5, 0.6) is 11.8 Å². The van der Waals surface area contributed by atoms with Gasteiger partial charge < -0.3 is 23.5 Å². The van der Waals surface area contributed by atoms with E-state index < -0.39 is 55.0 Å². The SMILES string of the molecule is CC(C)(C)OC(=O)N1[C@@H]2CC[C@H]1[C@@H](CO[Si](C)(C)C(C)(C)C)N(c1nc(OC[C@@]34CCCN3C[C@H](F)C4)nc3c(F)c(-c4cc(OC(=O)C(C)(C)C)cc5ccccc45)nc(Cl)c13)C2. The van der Waals surface area contributed by atoms with Crippen LogP contribution in [-0.4, -0.2) is 113 Å². The zero-order chi connectivity index (χ0) is 46.3. The smallest absolute Gasteiger partial charge is 0.410 e. The monoisotopic (exact) mass is 920 g/mol. The predicted molar refractivity (Wildman–Crippen MR) is 248 cm³/mol. The number of fused-ring (bicyclic) bond motifs is 5. The Bertz CT molecular complexity index is 2470. The highest BCUT2D eigenvalue weighted by atomic mass is 35.5. The van der Waals surface area contributed by atoms with E-state index in [9.17, 15) is 14.0 Å². The Hall–Kier alpha value is -4.18. The van der Waals surface area contributed by atoms with E-state index in [0.29, 0.717) is 54.5 Å². The molecule has 0 saturated carbocycles. The maximum Gasteiger partial charge on any atom is 0.410 e. The predicted octanol–water partition coefficient (Wildman–Crippen LogP) is 10.5. The van der Waals surface area contributed by atoms with Gasteiger partial charge in [-0.25, -0.2) is 18.6 Å². The van der Waals surface area contributed by atoms with Crippen molar-refractivity contribution < 1.29 is 37.0 Å². The molecule has 5 atom stereocenters. The average Bonchev–Trinajstić information content (AvgIpc) is 3.84. The molecular formula is C48H63ClF2N6O6Si. The van der Waals surface area contributed by atoms with E-state index in [1.807, 2.05) is 49.9 Å². The van der Waals surface area contributed by atoms with E-state index in [0.717, 1.165) is 19.4 Å². The second-order valence-corrected chi connectivity index (χ2v) is 27.0. The Morgan fingerprint density at radius 2 is 1.72 bits per heavy atom. The van der Waals surface area contributed by atoms with Crippen LogP contribution in [-0.2, 0) is 14.0 Å². The number of alkyl halides is 1. The fourth-order valence-electron chi connectivity index (χ4n) is 9.58. The molecule has 0 N–H and O–H groups in total. The Balaban J connectivity index is 1.30. The molecule has 4 aliphatic heterocycles. The molecule has 0 aliphatic carbocycles.